The van der Waals surface area contributed by atoms with Crippen molar-refractivity contribution in [2.75, 3.05) is 17.2 Å². The fourth-order valence-corrected chi connectivity index (χ4v) is 3.83. The van der Waals surface area contributed by atoms with Gasteiger partial charge in [-0.15, -0.1) is 4.70 Å². The SMILES string of the molecule is Cc1cc(Nc2ccc(C3=NN=[N+](c4cccc(Nc5cc(C)ncc5Cl)c4)C3)cc2)ccn1. The van der Waals surface area contributed by atoms with Crippen LogP contribution in [0.25, 0.3) is 0 Å². The van der Waals surface area contributed by atoms with Crippen molar-refractivity contribution in [1.82, 2.24) is 9.97 Å². The number of rotatable bonds is 6. The molecular formula is C26H23ClN7+. The van der Waals surface area contributed by atoms with Crippen molar-refractivity contribution in [3.05, 3.63) is 101 Å². The first-order valence-corrected chi connectivity index (χ1v) is 11.3. The summed E-state index contributed by atoms with van der Waals surface area (Å²) in [6.07, 6.45) is 3.45. The molecule has 0 spiro atoms. The lowest BCUT2D eigenvalue weighted by atomic mass is 10.1. The third-order valence-electron chi connectivity index (χ3n) is 5.39. The Morgan fingerprint density at radius 1 is 0.824 bits per heavy atom. The van der Waals surface area contributed by atoms with Gasteiger partial charge in [-0.05, 0) is 68.4 Å². The Kier molecular flexibility index (Phi) is 6.01. The van der Waals surface area contributed by atoms with E-state index in [0.717, 1.165) is 51.1 Å². The van der Waals surface area contributed by atoms with Crippen molar-refractivity contribution in [3.63, 3.8) is 0 Å². The molecule has 1 aliphatic heterocycles. The second kappa shape index (κ2) is 9.41. The third-order valence-corrected chi connectivity index (χ3v) is 5.69. The van der Waals surface area contributed by atoms with Gasteiger partial charge in [-0.25, -0.2) is 0 Å². The monoisotopic (exact) mass is 468 g/mol. The van der Waals surface area contributed by atoms with Gasteiger partial charge in [0.2, 0.25) is 5.71 Å². The Balaban J connectivity index is 1.26. The minimum absolute atomic E-state index is 0.574. The van der Waals surface area contributed by atoms with Crippen LogP contribution in [0.4, 0.5) is 28.4 Å². The van der Waals surface area contributed by atoms with Crippen LogP contribution in [-0.2, 0) is 0 Å². The van der Waals surface area contributed by atoms with Gasteiger partial charge in [0.15, 0.2) is 12.2 Å². The van der Waals surface area contributed by atoms with E-state index in [1.807, 2.05) is 73.1 Å². The van der Waals surface area contributed by atoms with Crippen molar-refractivity contribution in [1.29, 1.82) is 0 Å². The molecule has 0 radical (unpaired) electrons. The molecule has 0 aliphatic carbocycles. The number of benzene rings is 2. The van der Waals surface area contributed by atoms with Crippen molar-refractivity contribution in [2.45, 2.75) is 13.8 Å². The molecule has 8 heteroatoms. The van der Waals surface area contributed by atoms with Gasteiger partial charge in [0.25, 0.3) is 0 Å². The summed E-state index contributed by atoms with van der Waals surface area (Å²) in [7, 11) is 0. The van der Waals surface area contributed by atoms with Crippen LogP contribution in [-0.4, -0.2) is 26.9 Å². The minimum atomic E-state index is 0.574. The van der Waals surface area contributed by atoms with Gasteiger partial charge in [-0.3, -0.25) is 9.97 Å². The van der Waals surface area contributed by atoms with Gasteiger partial charge in [0.1, 0.15) is 5.22 Å². The third kappa shape index (κ3) is 4.94. The molecule has 0 amide bonds. The van der Waals surface area contributed by atoms with Gasteiger partial charge < -0.3 is 10.6 Å². The average Bonchev–Trinajstić information content (AvgIpc) is 3.33. The van der Waals surface area contributed by atoms with Crippen molar-refractivity contribution >= 4 is 45.7 Å². The van der Waals surface area contributed by atoms with Crippen LogP contribution in [0.3, 0.4) is 0 Å². The van der Waals surface area contributed by atoms with Crippen LogP contribution < -0.4 is 10.6 Å². The van der Waals surface area contributed by atoms with Crippen molar-refractivity contribution in [3.8, 4) is 0 Å². The number of nitrogens with zero attached hydrogens (tertiary/aromatic N) is 5. The average molecular weight is 469 g/mol. The first-order valence-electron chi connectivity index (χ1n) is 10.9. The summed E-state index contributed by atoms with van der Waals surface area (Å²) in [5, 5.41) is 16.1. The largest absolute Gasteiger partial charge is 0.355 e. The van der Waals surface area contributed by atoms with E-state index in [1.54, 1.807) is 12.4 Å². The molecule has 3 heterocycles. The summed E-state index contributed by atoms with van der Waals surface area (Å²) < 4.78 is 1.88. The number of hydrogen-bond donors (Lipinski definition) is 2. The van der Waals surface area contributed by atoms with E-state index in [-0.39, 0.29) is 0 Å². The molecule has 0 saturated carbocycles. The molecule has 34 heavy (non-hydrogen) atoms. The summed E-state index contributed by atoms with van der Waals surface area (Å²) >= 11 is 6.28. The van der Waals surface area contributed by atoms with E-state index in [0.29, 0.717) is 11.6 Å². The topological polar surface area (TPSA) is 77.6 Å². The maximum atomic E-state index is 6.28. The second-order valence-corrected chi connectivity index (χ2v) is 8.47. The predicted octanol–water partition coefficient (Wildman–Crippen LogP) is 6.75. The molecule has 168 valence electrons. The van der Waals surface area contributed by atoms with E-state index in [9.17, 15) is 0 Å². The van der Waals surface area contributed by atoms with Crippen LogP contribution >= 0.6 is 11.6 Å². The number of hydrogen-bond acceptors (Lipinski definition) is 6. The highest BCUT2D eigenvalue weighted by Crippen LogP contribution is 2.28. The second-order valence-electron chi connectivity index (χ2n) is 8.06. The zero-order valence-electron chi connectivity index (χ0n) is 18.8. The first-order chi connectivity index (χ1) is 16.5. The van der Waals surface area contributed by atoms with Crippen LogP contribution in [0.5, 0.6) is 0 Å². The minimum Gasteiger partial charge on any atom is -0.355 e. The summed E-state index contributed by atoms with van der Waals surface area (Å²) in [5.41, 5.74) is 8.51. The van der Waals surface area contributed by atoms with Crippen molar-refractivity contribution < 1.29 is 4.70 Å². The molecule has 2 aromatic heterocycles. The lowest BCUT2D eigenvalue weighted by Gasteiger charge is -2.09. The molecule has 2 aromatic carbocycles. The standard InChI is InChI=1S/C26H22ClN7/c1-17-12-22(10-11-28-17)30-20-8-6-19(7-9-20)26-16-34(33-32-26)23-5-3-4-21(14-23)31-25-13-18(2)29-15-24(25)27/h3-15H,16H2,1-2H3,(H,29,31)/p+1. The summed E-state index contributed by atoms with van der Waals surface area (Å²) in [5.74, 6) is 0. The quantitative estimate of drug-likeness (QED) is 0.307. The highest BCUT2D eigenvalue weighted by atomic mass is 35.5. The van der Waals surface area contributed by atoms with Crippen LogP contribution in [0, 0.1) is 13.8 Å². The van der Waals surface area contributed by atoms with Gasteiger partial charge in [-0.2, -0.15) is 0 Å². The molecule has 4 aromatic rings. The van der Waals surface area contributed by atoms with Crippen LogP contribution in [0.2, 0.25) is 5.02 Å². The summed E-state index contributed by atoms with van der Waals surface area (Å²) in [6.45, 7) is 4.50. The maximum Gasteiger partial charge on any atom is 0.231 e. The lowest BCUT2D eigenvalue weighted by molar-refractivity contribution is -0.492. The van der Waals surface area contributed by atoms with Gasteiger partial charge >= 0.3 is 0 Å². The maximum absolute atomic E-state index is 6.28. The Labute approximate surface area is 202 Å². The number of halogens is 1. The zero-order chi connectivity index (χ0) is 23.5. The zero-order valence-corrected chi connectivity index (χ0v) is 19.6. The molecule has 0 bridgehead atoms. The Morgan fingerprint density at radius 3 is 2.44 bits per heavy atom. The number of aromatic nitrogens is 2. The van der Waals surface area contributed by atoms with E-state index in [2.05, 4.69) is 43.1 Å². The summed E-state index contributed by atoms with van der Waals surface area (Å²) in [6, 6.07) is 22.1. The van der Waals surface area contributed by atoms with E-state index in [4.69, 9.17) is 11.6 Å². The van der Waals surface area contributed by atoms with Crippen molar-refractivity contribution in [2.24, 2.45) is 10.3 Å². The smallest absolute Gasteiger partial charge is 0.231 e. The highest BCUT2D eigenvalue weighted by Gasteiger charge is 2.24. The lowest BCUT2D eigenvalue weighted by Crippen LogP contribution is -2.11. The van der Waals surface area contributed by atoms with Crippen LogP contribution in [0.1, 0.15) is 17.0 Å². The van der Waals surface area contributed by atoms with E-state index >= 15 is 0 Å². The number of nitrogens with one attached hydrogen (secondary N) is 2. The molecule has 0 atom stereocenters. The Morgan fingerprint density at radius 2 is 1.62 bits per heavy atom. The molecule has 0 saturated heterocycles. The molecule has 5 rings (SSSR count). The molecule has 1 aliphatic rings. The van der Waals surface area contributed by atoms with Gasteiger partial charge in [-0.1, -0.05) is 17.7 Å². The molecule has 7 nitrogen and oxygen atoms in total. The molecular weight excluding hydrogens is 446 g/mol. The highest BCUT2D eigenvalue weighted by molar-refractivity contribution is 6.33. The van der Waals surface area contributed by atoms with Gasteiger partial charge in [0.05, 0.1) is 15.8 Å². The predicted molar refractivity (Wildman–Crippen MR) is 136 cm³/mol. The number of aryl methyl sites for hydroxylation is 2. The van der Waals surface area contributed by atoms with E-state index in [1.165, 1.54) is 0 Å². The van der Waals surface area contributed by atoms with E-state index < -0.39 is 0 Å². The fraction of sp³-hybridized carbons (Fsp3) is 0.115. The Bertz CT molecular complexity index is 1410. The summed E-state index contributed by atoms with van der Waals surface area (Å²) in [4.78, 5) is 8.44. The molecule has 2 N–H and O–H groups in total. The Hall–Kier alpha value is -4.10. The first kappa shape index (κ1) is 21.7. The fourth-order valence-electron chi connectivity index (χ4n) is 3.68. The molecule has 0 unspecified atom stereocenters. The van der Waals surface area contributed by atoms with Crippen LogP contribution in [0.15, 0.2) is 89.4 Å². The molecule has 0 fully saturated rings. The van der Waals surface area contributed by atoms with Gasteiger partial charge in [0, 0.05) is 52.5 Å². The number of pyridine rings is 2. The normalized spacial score (nSPS) is 12.8. The number of anilines is 4.